The molecule has 17 heavy (non-hydrogen) atoms. The van der Waals surface area contributed by atoms with Gasteiger partial charge in [0.05, 0.1) is 0 Å². The van der Waals surface area contributed by atoms with Crippen molar-refractivity contribution in [2.45, 2.75) is 39.3 Å². The van der Waals surface area contributed by atoms with Gasteiger partial charge >= 0.3 is 0 Å². The van der Waals surface area contributed by atoms with Crippen LogP contribution in [-0.2, 0) is 6.54 Å². The Bertz CT molecular complexity index is 392. The minimum absolute atomic E-state index is 0.431. The van der Waals surface area contributed by atoms with Crippen LogP contribution in [0.3, 0.4) is 0 Å². The maximum Gasteiger partial charge on any atom is 0.130 e. The molecule has 94 valence electrons. The standard InChI is InChI=1S/C14H19F2N/c1-3-14-10(2)6-7-17(14)9-11-4-5-12(15)8-13(11)16/h4-5,8,10,14H,3,6-7,9H2,1-2H3. The summed E-state index contributed by atoms with van der Waals surface area (Å²) in [4.78, 5) is 2.31. The highest BCUT2D eigenvalue weighted by Gasteiger charge is 2.29. The van der Waals surface area contributed by atoms with Gasteiger partial charge in [0.25, 0.3) is 0 Å². The average molecular weight is 239 g/mol. The number of halogens is 2. The molecule has 1 aromatic rings. The van der Waals surface area contributed by atoms with Crippen molar-refractivity contribution < 1.29 is 8.78 Å². The van der Waals surface area contributed by atoms with Crippen molar-refractivity contribution >= 4 is 0 Å². The van der Waals surface area contributed by atoms with Crippen LogP contribution in [0.15, 0.2) is 18.2 Å². The lowest BCUT2D eigenvalue weighted by atomic mass is 10.0. The Morgan fingerprint density at radius 3 is 2.76 bits per heavy atom. The first-order chi connectivity index (χ1) is 8.11. The largest absolute Gasteiger partial charge is 0.296 e. The summed E-state index contributed by atoms with van der Waals surface area (Å²) >= 11 is 0. The molecule has 0 spiro atoms. The molecule has 1 fully saturated rings. The summed E-state index contributed by atoms with van der Waals surface area (Å²) in [6.45, 7) is 6.02. The van der Waals surface area contributed by atoms with Crippen molar-refractivity contribution in [3.8, 4) is 0 Å². The van der Waals surface area contributed by atoms with Crippen molar-refractivity contribution in [3.63, 3.8) is 0 Å². The van der Waals surface area contributed by atoms with E-state index in [0.29, 0.717) is 24.1 Å². The maximum atomic E-state index is 13.6. The van der Waals surface area contributed by atoms with Gasteiger partial charge in [-0.3, -0.25) is 4.90 Å². The summed E-state index contributed by atoms with van der Waals surface area (Å²) in [6.07, 6.45) is 2.26. The number of benzene rings is 1. The smallest absolute Gasteiger partial charge is 0.130 e. The second-order valence-electron chi connectivity index (χ2n) is 4.95. The minimum Gasteiger partial charge on any atom is -0.296 e. The molecule has 0 aliphatic carbocycles. The Morgan fingerprint density at radius 2 is 2.12 bits per heavy atom. The summed E-state index contributed by atoms with van der Waals surface area (Å²) in [5, 5.41) is 0. The Morgan fingerprint density at radius 1 is 1.35 bits per heavy atom. The van der Waals surface area contributed by atoms with Gasteiger partial charge in [0, 0.05) is 24.2 Å². The van der Waals surface area contributed by atoms with Crippen LogP contribution in [0.2, 0.25) is 0 Å². The zero-order valence-electron chi connectivity index (χ0n) is 10.4. The van der Waals surface area contributed by atoms with Crippen LogP contribution in [-0.4, -0.2) is 17.5 Å². The number of hydrogen-bond donors (Lipinski definition) is 0. The average Bonchev–Trinajstić information content (AvgIpc) is 2.63. The highest BCUT2D eigenvalue weighted by atomic mass is 19.1. The van der Waals surface area contributed by atoms with E-state index in [9.17, 15) is 8.78 Å². The second-order valence-corrected chi connectivity index (χ2v) is 4.95. The molecule has 0 radical (unpaired) electrons. The lowest BCUT2D eigenvalue weighted by Crippen LogP contribution is -2.31. The summed E-state index contributed by atoms with van der Waals surface area (Å²) in [5.41, 5.74) is 0.596. The van der Waals surface area contributed by atoms with E-state index in [2.05, 4.69) is 18.7 Å². The predicted molar refractivity (Wildman–Crippen MR) is 64.6 cm³/mol. The fraction of sp³-hybridized carbons (Fsp3) is 0.571. The van der Waals surface area contributed by atoms with Gasteiger partial charge in [0.1, 0.15) is 11.6 Å². The molecule has 0 saturated carbocycles. The second kappa shape index (κ2) is 5.13. The predicted octanol–water partition coefficient (Wildman–Crippen LogP) is 3.59. The molecule has 1 nitrogen and oxygen atoms in total. The molecule has 1 aliphatic heterocycles. The number of rotatable bonds is 3. The molecular weight excluding hydrogens is 220 g/mol. The number of hydrogen-bond acceptors (Lipinski definition) is 1. The third kappa shape index (κ3) is 2.65. The molecule has 0 amide bonds. The molecule has 0 bridgehead atoms. The van der Waals surface area contributed by atoms with E-state index in [1.807, 2.05) is 0 Å². The summed E-state index contributed by atoms with van der Waals surface area (Å²) in [7, 11) is 0. The van der Waals surface area contributed by atoms with Gasteiger partial charge in [-0.2, -0.15) is 0 Å². The lowest BCUT2D eigenvalue weighted by molar-refractivity contribution is 0.214. The maximum absolute atomic E-state index is 13.6. The number of nitrogens with zero attached hydrogens (tertiary/aromatic N) is 1. The highest BCUT2D eigenvalue weighted by Crippen LogP contribution is 2.28. The van der Waals surface area contributed by atoms with E-state index in [4.69, 9.17) is 0 Å². The van der Waals surface area contributed by atoms with Crippen molar-refractivity contribution in [2.75, 3.05) is 6.54 Å². The van der Waals surface area contributed by atoms with Crippen molar-refractivity contribution in [3.05, 3.63) is 35.4 Å². The topological polar surface area (TPSA) is 3.24 Å². The summed E-state index contributed by atoms with van der Waals surface area (Å²) < 4.78 is 26.4. The molecule has 3 heteroatoms. The van der Waals surface area contributed by atoms with E-state index in [1.54, 1.807) is 6.07 Å². The van der Waals surface area contributed by atoms with Crippen LogP contribution in [0.25, 0.3) is 0 Å². The van der Waals surface area contributed by atoms with E-state index in [-0.39, 0.29) is 0 Å². The van der Waals surface area contributed by atoms with Gasteiger partial charge < -0.3 is 0 Å². The molecule has 1 aromatic carbocycles. The van der Waals surface area contributed by atoms with Crippen molar-refractivity contribution in [1.29, 1.82) is 0 Å². The first-order valence-electron chi connectivity index (χ1n) is 6.29. The third-order valence-electron chi connectivity index (χ3n) is 3.80. The highest BCUT2D eigenvalue weighted by molar-refractivity contribution is 5.18. The molecule has 2 unspecified atom stereocenters. The van der Waals surface area contributed by atoms with Crippen LogP contribution in [0.5, 0.6) is 0 Å². The number of likely N-dealkylation sites (tertiary alicyclic amines) is 1. The quantitative estimate of drug-likeness (QED) is 0.779. The van der Waals surface area contributed by atoms with Crippen LogP contribution in [0.4, 0.5) is 8.78 Å². The van der Waals surface area contributed by atoms with Crippen molar-refractivity contribution in [2.24, 2.45) is 5.92 Å². The fourth-order valence-corrected chi connectivity index (χ4v) is 2.81. The van der Waals surface area contributed by atoms with Gasteiger partial charge in [-0.1, -0.05) is 19.9 Å². The molecule has 2 atom stereocenters. The minimum atomic E-state index is -0.506. The van der Waals surface area contributed by atoms with Crippen molar-refractivity contribution in [1.82, 2.24) is 4.90 Å². The van der Waals surface area contributed by atoms with Gasteiger partial charge in [0.2, 0.25) is 0 Å². The Balaban J connectivity index is 2.10. The summed E-state index contributed by atoms with van der Waals surface area (Å²) in [6, 6.07) is 4.38. The molecule has 1 saturated heterocycles. The van der Waals surface area contributed by atoms with Gasteiger partial charge in [-0.25, -0.2) is 8.78 Å². The van der Waals surface area contributed by atoms with Gasteiger partial charge in [-0.05, 0) is 31.4 Å². The summed E-state index contributed by atoms with van der Waals surface area (Å²) in [5.74, 6) is -0.268. The van der Waals surface area contributed by atoms with Crippen LogP contribution < -0.4 is 0 Å². The van der Waals surface area contributed by atoms with E-state index >= 15 is 0 Å². The Labute approximate surface area is 101 Å². The molecule has 1 aliphatic rings. The molecule has 0 aromatic heterocycles. The first-order valence-corrected chi connectivity index (χ1v) is 6.29. The zero-order valence-corrected chi connectivity index (χ0v) is 10.4. The van der Waals surface area contributed by atoms with E-state index in [0.717, 1.165) is 19.0 Å². The Kier molecular flexibility index (Phi) is 3.77. The lowest BCUT2D eigenvalue weighted by Gasteiger charge is -2.25. The monoisotopic (exact) mass is 239 g/mol. The SMILES string of the molecule is CCC1C(C)CCN1Cc1ccc(F)cc1F. The van der Waals surface area contributed by atoms with Gasteiger partial charge in [0.15, 0.2) is 0 Å². The van der Waals surface area contributed by atoms with Crippen LogP contribution in [0.1, 0.15) is 32.3 Å². The van der Waals surface area contributed by atoms with Crippen LogP contribution >= 0.6 is 0 Å². The normalized spacial score (nSPS) is 25.4. The van der Waals surface area contributed by atoms with Crippen LogP contribution in [0, 0.1) is 17.6 Å². The van der Waals surface area contributed by atoms with E-state index < -0.39 is 11.6 Å². The van der Waals surface area contributed by atoms with E-state index in [1.165, 1.54) is 12.5 Å². The third-order valence-corrected chi connectivity index (χ3v) is 3.80. The van der Waals surface area contributed by atoms with Gasteiger partial charge in [-0.15, -0.1) is 0 Å². The molecule has 0 N–H and O–H groups in total. The fourth-order valence-electron chi connectivity index (χ4n) is 2.81. The first kappa shape index (κ1) is 12.5. The molecule has 2 rings (SSSR count). The molecular formula is C14H19F2N. The zero-order chi connectivity index (χ0) is 12.4. The Hall–Kier alpha value is -0.960. The molecule has 1 heterocycles.